The van der Waals surface area contributed by atoms with E-state index in [-0.39, 0.29) is 10.1 Å². The Balaban J connectivity index is 2.13. The molecule has 0 atom stereocenters. The van der Waals surface area contributed by atoms with Crippen molar-refractivity contribution in [3.05, 3.63) is 60.7 Å². The van der Waals surface area contributed by atoms with Gasteiger partial charge in [-0.1, -0.05) is 70.2 Å². The van der Waals surface area contributed by atoms with Gasteiger partial charge in [0.15, 0.2) is 10.1 Å². The lowest BCUT2D eigenvalue weighted by Gasteiger charge is -2.06. The highest BCUT2D eigenvalue weighted by Crippen LogP contribution is 2.27. The minimum atomic E-state index is 0.243. The number of oxime groups is 2. The van der Waals surface area contributed by atoms with E-state index in [9.17, 15) is 0 Å². The Bertz CT molecular complexity index is 546. The number of hydrogen-bond acceptors (Lipinski definition) is 6. The Hall–Kier alpha value is -1.92. The van der Waals surface area contributed by atoms with E-state index in [2.05, 4.69) is 10.3 Å². The number of nitrogens with zero attached hydrogens (tertiary/aromatic N) is 2. The monoisotopic (exact) mass is 304 g/mol. The first-order valence-electron chi connectivity index (χ1n) is 5.74. The van der Waals surface area contributed by atoms with Crippen LogP contribution in [-0.2, 0) is 0 Å². The fourth-order valence-electron chi connectivity index (χ4n) is 1.41. The molecule has 2 aromatic rings. The lowest BCUT2D eigenvalue weighted by atomic mass is 10.4. The molecule has 0 saturated heterocycles. The molecule has 2 aromatic carbocycles. The predicted octanol–water partition coefficient (Wildman–Crippen LogP) is 4.15. The van der Waals surface area contributed by atoms with E-state index >= 15 is 0 Å². The van der Waals surface area contributed by atoms with Gasteiger partial charge in [0.25, 0.3) is 0 Å². The van der Waals surface area contributed by atoms with Crippen molar-refractivity contribution in [2.75, 3.05) is 0 Å². The minimum absolute atomic E-state index is 0.243. The second kappa shape index (κ2) is 7.62. The molecule has 0 amide bonds. The van der Waals surface area contributed by atoms with Crippen molar-refractivity contribution in [3.63, 3.8) is 0 Å². The molecule has 102 valence electrons. The average Bonchev–Trinajstić information content (AvgIpc) is 2.52. The number of thioether (sulfide) groups is 2. The Morgan fingerprint density at radius 3 is 1.30 bits per heavy atom. The fraction of sp³-hybridized carbons (Fsp3) is 0. The van der Waals surface area contributed by atoms with Gasteiger partial charge in [0.05, 0.1) is 0 Å². The van der Waals surface area contributed by atoms with Crippen molar-refractivity contribution >= 4 is 33.6 Å². The Labute approximate surface area is 125 Å². The van der Waals surface area contributed by atoms with E-state index in [1.807, 2.05) is 60.7 Å². The molecule has 2 rings (SSSR count). The van der Waals surface area contributed by atoms with E-state index in [0.717, 1.165) is 9.79 Å². The zero-order valence-electron chi connectivity index (χ0n) is 10.4. The highest BCUT2D eigenvalue weighted by Gasteiger charge is 2.14. The average molecular weight is 304 g/mol. The largest absolute Gasteiger partial charge is 0.410 e. The third kappa shape index (κ3) is 4.04. The highest BCUT2D eigenvalue weighted by molar-refractivity contribution is 8.25. The summed E-state index contributed by atoms with van der Waals surface area (Å²) in [7, 11) is 0. The van der Waals surface area contributed by atoms with Crippen LogP contribution in [0.5, 0.6) is 0 Å². The van der Waals surface area contributed by atoms with Crippen molar-refractivity contribution in [1.82, 2.24) is 0 Å². The molecular formula is C14H12N2O2S2. The maximum Gasteiger partial charge on any atom is 0.176 e. The van der Waals surface area contributed by atoms with Crippen molar-refractivity contribution in [2.45, 2.75) is 9.79 Å². The van der Waals surface area contributed by atoms with E-state index < -0.39 is 0 Å². The second-order valence-corrected chi connectivity index (χ2v) is 5.76. The number of rotatable bonds is 2. The van der Waals surface area contributed by atoms with Crippen LogP contribution in [0.15, 0.2) is 80.8 Å². The van der Waals surface area contributed by atoms with E-state index in [4.69, 9.17) is 10.4 Å². The Kier molecular flexibility index (Phi) is 5.52. The summed E-state index contributed by atoms with van der Waals surface area (Å²) in [5, 5.41) is 25.2. The maximum atomic E-state index is 9.13. The van der Waals surface area contributed by atoms with E-state index in [1.54, 1.807) is 0 Å². The number of benzene rings is 2. The SMILES string of the molecule is O/N=C(Sc1ccccc1)/C(=N/O)Sc1ccccc1. The molecular weight excluding hydrogens is 292 g/mol. The summed E-state index contributed by atoms with van der Waals surface area (Å²) < 4.78 is 0. The van der Waals surface area contributed by atoms with Gasteiger partial charge in [-0.3, -0.25) is 0 Å². The standard InChI is InChI=1S/C14H12N2O2S2/c17-15-13(19-11-7-3-1-4-8-11)14(16-18)20-12-9-5-2-6-10-12/h1-10,17-18H/b15-13-,16-14-. The molecule has 0 saturated carbocycles. The maximum absolute atomic E-state index is 9.13. The molecule has 6 heteroatoms. The van der Waals surface area contributed by atoms with Crippen LogP contribution in [0.2, 0.25) is 0 Å². The van der Waals surface area contributed by atoms with Gasteiger partial charge in [-0.25, -0.2) is 0 Å². The normalized spacial score (nSPS) is 12.4. The first-order valence-corrected chi connectivity index (χ1v) is 7.37. The molecule has 4 nitrogen and oxygen atoms in total. The Morgan fingerprint density at radius 1 is 0.650 bits per heavy atom. The first kappa shape index (κ1) is 14.5. The molecule has 2 N–H and O–H groups in total. The van der Waals surface area contributed by atoms with Crippen molar-refractivity contribution in [2.24, 2.45) is 10.3 Å². The molecule has 0 fully saturated rings. The summed E-state index contributed by atoms with van der Waals surface area (Å²) in [5.74, 6) is 0. The van der Waals surface area contributed by atoms with Crippen molar-refractivity contribution < 1.29 is 10.4 Å². The smallest absolute Gasteiger partial charge is 0.176 e. The molecule has 0 aromatic heterocycles. The zero-order valence-corrected chi connectivity index (χ0v) is 12.0. The molecule has 0 unspecified atom stereocenters. The van der Waals surface area contributed by atoms with Gasteiger partial charge in [-0.05, 0) is 24.3 Å². The molecule has 0 aliphatic carbocycles. The van der Waals surface area contributed by atoms with Crippen LogP contribution in [-0.4, -0.2) is 20.5 Å². The highest BCUT2D eigenvalue weighted by atomic mass is 32.2. The van der Waals surface area contributed by atoms with Gasteiger partial charge in [0, 0.05) is 9.79 Å². The summed E-state index contributed by atoms with van der Waals surface area (Å²) in [6.07, 6.45) is 0. The molecule has 0 aliphatic rings. The molecule has 0 bridgehead atoms. The lowest BCUT2D eigenvalue weighted by Crippen LogP contribution is -2.06. The quantitative estimate of drug-likeness (QED) is 0.288. The van der Waals surface area contributed by atoms with Crippen molar-refractivity contribution in [1.29, 1.82) is 0 Å². The molecule has 20 heavy (non-hydrogen) atoms. The molecule has 0 spiro atoms. The fourth-order valence-corrected chi connectivity index (χ4v) is 3.03. The van der Waals surface area contributed by atoms with Gasteiger partial charge in [-0.2, -0.15) is 0 Å². The number of hydrogen-bond donors (Lipinski definition) is 2. The lowest BCUT2D eigenvalue weighted by molar-refractivity contribution is 0.316. The van der Waals surface area contributed by atoms with Gasteiger partial charge >= 0.3 is 0 Å². The predicted molar refractivity (Wildman–Crippen MR) is 83.0 cm³/mol. The van der Waals surface area contributed by atoms with Gasteiger partial charge < -0.3 is 10.4 Å². The van der Waals surface area contributed by atoms with Crippen LogP contribution in [0, 0.1) is 0 Å². The first-order chi connectivity index (χ1) is 9.83. The third-order valence-corrected chi connectivity index (χ3v) is 4.36. The van der Waals surface area contributed by atoms with Gasteiger partial charge in [0.1, 0.15) is 0 Å². The van der Waals surface area contributed by atoms with E-state index in [1.165, 1.54) is 23.5 Å². The van der Waals surface area contributed by atoms with Gasteiger partial charge in [-0.15, -0.1) is 0 Å². The van der Waals surface area contributed by atoms with E-state index in [0.29, 0.717) is 0 Å². The van der Waals surface area contributed by atoms with Crippen LogP contribution >= 0.6 is 23.5 Å². The van der Waals surface area contributed by atoms with Crippen LogP contribution in [0.1, 0.15) is 0 Å². The summed E-state index contributed by atoms with van der Waals surface area (Å²) in [6.45, 7) is 0. The molecule has 0 heterocycles. The Morgan fingerprint density at radius 2 is 1.00 bits per heavy atom. The van der Waals surface area contributed by atoms with Crippen LogP contribution < -0.4 is 0 Å². The van der Waals surface area contributed by atoms with Crippen molar-refractivity contribution in [3.8, 4) is 0 Å². The summed E-state index contributed by atoms with van der Waals surface area (Å²) in [4.78, 5) is 1.80. The van der Waals surface area contributed by atoms with Gasteiger partial charge in [0.2, 0.25) is 0 Å². The van der Waals surface area contributed by atoms with Crippen LogP contribution in [0.25, 0.3) is 0 Å². The minimum Gasteiger partial charge on any atom is -0.410 e. The zero-order chi connectivity index (χ0) is 14.2. The molecule has 0 aliphatic heterocycles. The third-order valence-electron chi connectivity index (χ3n) is 2.28. The topological polar surface area (TPSA) is 65.2 Å². The molecule has 0 radical (unpaired) electrons. The summed E-state index contributed by atoms with van der Waals surface area (Å²) in [6, 6.07) is 18.9. The second-order valence-electron chi connectivity index (χ2n) is 3.64. The van der Waals surface area contributed by atoms with Crippen LogP contribution in [0.4, 0.5) is 0 Å². The summed E-state index contributed by atoms with van der Waals surface area (Å²) >= 11 is 2.46. The van der Waals surface area contributed by atoms with Crippen LogP contribution in [0.3, 0.4) is 0 Å². The summed E-state index contributed by atoms with van der Waals surface area (Å²) in [5.41, 5.74) is 0.